The molecular weight excluding hydrogens is 456 g/mol. The largest absolute Gasteiger partial charge is 0.386 e. The fraction of sp³-hybridized carbons (Fsp3) is 0.333. The smallest absolute Gasteiger partial charge is 0.0345 e. The first-order valence-corrected chi connectivity index (χ1v) is 14.2. The fourth-order valence-corrected chi connectivity index (χ4v) is 6.66. The Balaban J connectivity index is 1.31. The minimum Gasteiger partial charge on any atom is -0.386 e. The van der Waals surface area contributed by atoms with Crippen molar-refractivity contribution in [1.29, 1.82) is 0 Å². The molecule has 3 aromatic carbocycles. The Bertz CT molecular complexity index is 1340. The minimum atomic E-state index is 0.321. The summed E-state index contributed by atoms with van der Waals surface area (Å²) < 4.78 is 1.37. The molecule has 1 aromatic heterocycles. The van der Waals surface area contributed by atoms with Gasteiger partial charge in [0, 0.05) is 22.4 Å². The molecule has 2 N–H and O–H groups in total. The van der Waals surface area contributed by atoms with Crippen molar-refractivity contribution in [1.82, 2.24) is 10.6 Å². The van der Waals surface area contributed by atoms with Crippen LogP contribution in [0.5, 0.6) is 0 Å². The number of allylic oxidation sites excluding steroid dienone is 2. The van der Waals surface area contributed by atoms with Crippen molar-refractivity contribution in [3.05, 3.63) is 108 Å². The molecule has 0 amide bonds. The number of piperidine rings is 1. The van der Waals surface area contributed by atoms with Crippen LogP contribution in [0.4, 0.5) is 0 Å². The molecule has 0 spiro atoms. The first-order valence-electron chi connectivity index (χ1n) is 13.3. The highest BCUT2D eigenvalue weighted by atomic mass is 32.1. The van der Waals surface area contributed by atoms with Gasteiger partial charge >= 0.3 is 0 Å². The summed E-state index contributed by atoms with van der Waals surface area (Å²) in [6, 6.07) is 24.6. The molecule has 2 atom stereocenters. The molecule has 1 aliphatic rings. The van der Waals surface area contributed by atoms with Crippen molar-refractivity contribution in [3.8, 4) is 0 Å². The van der Waals surface area contributed by atoms with Gasteiger partial charge in [-0.05, 0) is 96.8 Å². The van der Waals surface area contributed by atoms with Crippen LogP contribution >= 0.6 is 11.3 Å². The van der Waals surface area contributed by atoms with Crippen LogP contribution in [-0.4, -0.2) is 19.1 Å². The lowest BCUT2D eigenvalue weighted by Gasteiger charge is -2.30. The zero-order chi connectivity index (χ0) is 24.9. The number of hydrogen-bond donors (Lipinski definition) is 2. The van der Waals surface area contributed by atoms with E-state index in [4.69, 9.17) is 0 Å². The van der Waals surface area contributed by atoms with E-state index in [0.717, 1.165) is 38.0 Å². The average Bonchev–Trinajstić information content (AvgIpc) is 3.31. The summed E-state index contributed by atoms with van der Waals surface area (Å²) in [5.41, 5.74) is 5.33. The van der Waals surface area contributed by atoms with E-state index in [1.54, 1.807) is 0 Å². The van der Waals surface area contributed by atoms with Gasteiger partial charge in [-0.15, -0.1) is 11.3 Å². The molecule has 2 heterocycles. The predicted octanol–water partition coefficient (Wildman–Crippen LogP) is 7.89. The number of hydrogen-bond acceptors (Lipinski definition) is 3. The first-order chi connectivity index (χ1) is 17.6. The Hall–Kier alpha value is -2.88. The Kier molecular flexibility index (Phi) is 7.89. The van der Waals surface area contributed by atoms with Crippen LogP contribution in [0.15, 0.2) is 96.5 Å². The molecule has 0 aliphatic carbocycles. The molecule has 2 nitrogen and oxygen atoms in total. The second kappa shape index (κ2) is 11.5. The topological polar surface area (TPSA) is 24.1 Å². The van der Waals surface area contributed by atoms with Crippen LogP contribution in [-0.2, 0) is 12.8 Å². The molecular formula is C33H38N2S. The van der Waals surface area contributed by atoms with Gasteiger partial charge in [0.25, 0.3) is 0 Å². The lowest BCUT2D eigenvalue weighted by Crippen LogP contribution is -2.32. The van der Waals surface area contributed by atoms with E-state index >= 15 is 0 Å². The number of fused-ring (bicyclic) bond motifs is 2. The molecule has 0 radical (unpaired) electrons. The standard InChI is InChI=1S/C33H38N2S/c1-23(27-14-16-34-17-15-27)18-30(21-26-12-13-28-8-4-5-9-29(28)20-26)25(3)35-24(2)19-31-22-36-33-11-7-6-10-32(31)33/h4-13,20,22,24,27,30,34-35H,1,3,14-19,21H2,2H3/t24-,30+/m0/s1. The Labute approximate surface area is 220 Å². The number of thiophene rings is 1. The molecule has 3 heteroatoms. The van der Waals surface area contributed by atoms with Crippen LogP contribution in [0.2, 0.25) is 0 Å². The van der Waals surface area contributed by atoms with Crippen LogP contribution in [0.3, 0.4) is 0 Å². The third-order valence-corrected chi connectivity index (χ3v) is 8.75. The second-order valence-corrected chi connectivity index (χ2v) is 11.4. The van der Waals surface area contributed by atoms with E-state index in [2.05, 4.69) is 103 Å². The van der Waals surface area contributed by atoms with E-state index in [1.165, 1.54) is 50.4 Å². The second-order valence-electron chi connectivity index (χ2n) is 10.5. The van der Waals surface area contributed by atoms with Gasteiger partial charge in [0.05, 0.1) is 0 Å². The molecule has 36 heavy (non-hydrogen) atoms. The van der Waals surface area contributed by atoms with Crippen LogP contribution in [0, 0.1) is 11.8 Å². The lowest BCUT2D eigenvalue weighted by atomic mass is 9.82. The van der Waals surface area contributed by atoms with Crippen molar-refractivity contribution in [2.75, 3.05) is 13.1 Å². The molecule has 5 rings (SSSR count). The molecule has 0 unspecified atom stereocenters. The minimum absolute atomic E-state index is 0.321. The van der Waals surface area contributed by atoms with Crippen molar-refractivity contribution in [2.24, 2.45) is 11.8 Å². The number of rotatable bonds is 10. The molecule has 186 valence electrons. The highest BCUT2D eigenvalue weighted by molar-refractivity contribution is 7.17. The molecule has 1 aliphatic heterocycles. The molecule has 0 saturated carbocycles. The van der Waals surface area contributed by atoms with E-state index in [9.17, 15) is 0 Å². The summed E-state index contributed by atoms with van der Waals surface area (Å²) in [6.07, 6.45) is 5.37. The van der Waals surface area contributed by atoms with Gasteiger partial charge in [-0.3, -0.25) is 0 Å². The van der Waals surface area contributed by atoms with Crippen LogP contribution < -0.4 is 10.6 Å². The monoisotopic (exact) mass is 494 g/mol. The van der Waals surface area contributed by atoms with Gasteiger partial charge in [0.1, 0.15) is 0 Å². The summed E-state index contributed by atoms with van der Waals surface area (Å²) in [4.78, 5) is 0. The van der Waals surface area contributed by atoms with Crippen molar-refractivity contribution in [2.45, 2.75) is 45.1 Å². The van der Waals surface area contributed by atoms with E-state index in [-0.39, 0.29) is 0 Å². The molecule has 0 bridgehead atoms. The van der Waals surface area contributed by atoms with E-state index in [1.807, 2.05) is 11.3 Å². The average molecular weight is 495 g/mol. The highest BCUT2D eigenvalue weighted by Gasteiger charge is 2.22. The number of nitrogens with one attached hydrogen (secondary N) is 2. The summed E-state index contributed by atoms with van der Waals surface area (Å²) >= 11 is 1.84. The van der Waals surface area contributed by atoms with E-state index in [0.29, 0.717) is 17.9 Å². The first kappa shape index (κ1) is 24.8. The molecule has 1 saturated heterocycles. The molecule has 4 aromatic rings. The van der Waals surface area contributed by atoms with Gasteiger partial charge in [0.2, 0.25) is 0 Å². The van der Waals surface area contributed by atoms with Gasteiger partial charge in [-0.25, -0.2) is 0 Å². The maximum Gasteiger partial charge on any atom is 0.0345 e. The van der Waals surface area contributed by atoms with Crippen LogP contribution in [0.25, 0.3) is 20.9 Å². The fourth-order valence-electron chi connectivity index (χ4n) is 5.69. The van der Waals surface area contributed by atoms with Gasteiger partial charge < -0.3 is 10.6 Å². The SMILES string of the molecule is C=C(C[C@H](Cc1ccc2ccccc2c1)C(=C)N[C@@H](C)Cc1csc2ccccc12)C1CCNCC1. The predicted molar refractivity (Wildman–Crippen MR) is 158 cm³/mol. The summed E-state index contributed by atoms with van der Waals surface area (Å²) in [5, 5.41) is 13.6. The van der Waals surface area contributed by atoms with Gasteiger partial charge in [-0.2, -0.15) is 0 Å². The summed E-state index contributed by atoms with van der Waals surface area (Å²) in [6.45, 7) is 13.6. The van der Waals surface area contributed by atoms with Gasteiger partial charge in [0.15, 0.2) is 0 Å². The summed E-state index contributed by atoms with van der Waals surface area (Å²) in [5.74, 6) is 0.947. The summed E-state index contributed by atoms with van der Waals surface area (Å²) in [7, 11) is 0. The van der Waals surface area contributed by atoms with Crippen molar-refractivity contribution < 1.29 is 0 Å². The Morgan fingerprint density at radius 2 is 1.72 bits per heavy atom. The quantitative estimate of drug-likeness (QED) is 0.219. The zero-order valence-corrected chi connectivity index (χ0v) is 22.2. The maximum absolute atomic E-state index is 4.58. The number of benzene rings is 3. The third-order valence-electron chi connectivity index (χ3n) is 7.73. The van der Waals surface area contributed by atoms with Crippen LogP contribution in [0.1, 0.15) is 37.3 Å². The van der Waals surface area contributed by atoms with Crippen molar-refractivity contribution in [3.63, 3.8) is 0 Å². The Morgan fingerprint density at radius 1 is 0.972 bits per heavy atom. The zero-order valence-electron chi connectivity index (χ0n) is 21.4. The van der Waals surface area contributed by atoms with Gasteiger partial charge in [-0.1, -0.05) is 79.4 Å². The maximum atomic E-state index is 4.58. The normalized spacial score (nSPS) is 16.1. The molecule has 1 fully saturated rings. The van der Waals surface area contributed by atoms with E-state index < -0.39 is 0 Å². The Morgan fingerprint density at radius 3 is 2.56 bits per heavy atom. The lowest BCUT2D eigenvalue weighted by molar-refractivity contribution is 0.395. The van der Waals surface area contributed by atoms with Crippen molar-refractivity contribution >= 4 is 32.2 Å². The third kappa shape index (κ3) is 5.91. The highest BCUT2D eigenvalue weighted by Crippen LogP contribution is 2.31.